The number of hydrogen-bond acceptors (Lipinski definition) is 9. The minimum atomic E-state index is -1.95. The van der Waals surface area contributed by atoms with Gasteiger partial charge in [0, 0.05) is 12.8 Å². The first-order chi connectivity index (χ1) is 15.5. The lowest BCUT2D eigenvalue weighted by atomic mass is 10.2. The van der Waals surface area contributed by atoms with E-state index in [0.29, 0.717) is 33.7 Å². The standard InChI is InChI=1S/C22H28N4O5SSi/c1-22(2,3)33(5,6)31-14-7-8-16(23-13-14)19-25-18(30-26-19)10-9-17(27)24-20-15(11-12-32-20)21(28)29-4/h7-8,11-13H,9-10H2,1-6H3,(H,24,27). The van der Waals surface area contributed by atoms with Gasteiger partial charge in [0.2, 0.25) is 17.6 Å². The molecular formula is C22H28N4O5SSi. The van der Waals surface area contributed by atoms with E-state index in [9.17, 15) is 9.59 Å². The van der Waals surface area contributed by atoms with E-state index in [0.717, 1.165) is 0 Å². The van der Waals surface area contributed by atoms with E-state index < -0.39 is 14.3 Å². The van der Waals surface area contributed by atoms with E-state index in [4.69, 9.17) is 13.7 Å². The van der Waals surface area contributed by atoms with Gasteiger partial charge in [0.25, 0.3) is 8.32 Å². The minimum absolute atomic E-state index is 0.0882. The predicted octanol–water partition coefficient (Wildman–Crippen LogP) is 4.94. The molecule has 0 fully saturated rings. The van der Waals surface area contributed by atoms with Crippen LogP contribution in [0.1, 0.15) is 43.4 Å². The highest BCUT2D eigenvalue weighted by atomic mass is 32.1. The summed E-state index contributed by atoms with van der Waals surface area (Å²) in [6.45, 7) is 10.9. The molecule has 1 amide bonds. The van der Waals surface area contributed by atoms with Crippen molar-refractivity contribution >= 4 is 36.5 Å². The van der Waals surface area contributed by atoms with Crippen LogP contribution in [0.15, 0.2) is 34.3 Å². The van der Waals surface area contributed by atoms with E-state index in [-0.39, 0.29) is 23.8 Å². The Labute approximate surface area is 197 Å². The van der Waals surface area contributed by atoms with Gasteiger partial charge in [0.05, 0.1) is 18.9 Å². The van der Waals surface area contributed by atoms with Crippen LogP contribution in [-0.4, -0.2) is 42.4 Å². The zero-order chi connectivity index (χ0) is 24.2. The average molecular weight is 489 g/mol. The summed E-state index contributed by atoms with van der Waals surface area (Å²) in [5, 5.41) is 8.92. The van der Waals surface area contributed by atoms with Crippen LogP contribution in [0.5, 0.6) is 5.75 Å². The fraction of sp³-hybridized carbons (Fsp3) is 0.409. The number of aryl methyl sites for hydroxylation is 1. The summed E-state index contributed by atoms with van der Waals surface area (Å²) in [7, 11) is -0.654. The largest absolute Gasteiger partial charge is 0.542 e. The molecule has 0 aliphatic heterocycles. The molecule has 0 aliphatic carbocycles. The van der Waals surface area contributed by atoms with Crippen LogP contribution in [0.4, 0.5) is 5.00 Å². The molecule has 176 valence electrons. The molecule has 1 N–H and O–H groups in total. The molecule has 33 heavy (non-hydrogen) atoms. The topological polar surface area (TPSA) is 116 Å². The molecule has 3 aromatic rings. The van der Waals surface area contributed by atoms with Gasteiger partial charge in [0.15, 0.2) is 0 Å². The van der Waals surface area contributed by atoms with E-state index in [1.165, 1.54) is 18.4 Å². The first-order valence-corrected chi connectivity index (χ1v) is 14.2. The molecule has 0 saturated heterocycles. The Kier molecular flexibility index (Phi) is 7.33. The summed E-state index contributed by atoms with van der Waals surface area (Å²) in [6, 6.07) is 5.24. The molecule has 0 aliphatic rings. The number of pyridine rings is 1. The third kappa shape index (κ3) is 6.05. The van der Waals surface area contributed by atoms with Gasteiger partial charge >= 0.3 is 5.97 Å². The Balaban J connectivity index is 1.57. The van der Waals surface area contributed by atoms with Crippen molar-refractivity contribution in [2.75, 3.05) is 12.4 Å². The first-order valence-electron chi connectivity index (χ1n) is 10.4. The maximum Gasteiger partial charge on any atom is 0.340 e. The molecule has 0 radical (unpaired) electrons. The SMILES string of the molecule is COC(=O)c1ccsc1NC(=O)CCc1nc(-c2ccc(O[Si](C)(C)C(C)(C)C)cn2)no1. The summed E-state index contributed by atoms with van der Waals surface area (Å²) >= 11 is 1.25. The molecule has 0 spiro atoms. The number of ether oxygens (including phenoxy) is 1. The van der Waals surface area contributed by atoms with Crippen molar-refractivity contribution in [2.45, 2.75) is 51.7 Å². The van der Waals surface area contributed by atoms with E-state index in [1.54, 1.807) is 23.7 Å². The van der Waals surface area contributed by atoms with Crippen molar-refractivity contribution in [2.24, 2.45) is 0 Å². The van der Waals surface area contributed by atoms with Crippen molar-refractivity contribution in [1.29, 1.82) is 0 Å². The van der Waals surface area contributed by atoms with Crippen LogP contribution in [0.3, 0.4) is 0 Å². The lowest BCUT2D eigenvalue weighted by Crippen LogP contribution is -2.43. The van der Waals surface area contributed by atoms with Crippen molar-refractivity contribution in [3.05, 3.63) is 41.2 Å². The number of carbonyl (C=O) groups excluding carboxylic acids is 2. The zero-order valence-corrected chi connectivity index (χ0v) is 21.4. The highest BCUT2D eigenvalue weighted by Gasteiger charge is 2.39. The second kappa shape index (κ2) is 9.83. The van der Waals surface area contributed by atoms with Crippen molar-refractivity contribution in [3.63, 3.8) is 0 Å². The number of thiophene rings is 1. The summed E-state index contributed by atoms with van der Waals surface area (Å²) in [6.07, 6.45) is 2.04. The first kappa shape index (κ1) is 24.6. The molecule has 0 bridgehead atoms. The molecule has 0 aromatic carbocycles. The van der Waals surface area contributed by atoms with Gasteiger partial charge in [-0.05, 0) is 41.7 Å². The van der Waals surface area contributed by atoms with Gasteiger partial charge in [-0.2, -0.15) is 4.98 Å². The zero-order valence-electron chi connectivity index (χ0n) is 19.6. The maximum absolute atomic E-state index is 12.3. The number of rotatable bonds is 8. The molecular weight excluding hydrogens is 460 g/mol. The lowest BCUT2D eigenvalue weighted by molar-refractivity contribution is -0.116. The number of esters is 1. The molecule has 0 saturated carbocycles. The molecule has 3 heterocycles. The molecule has 0 unspecified atom stereocenters. The highest BCUT2D eigenvalue weighted by Crippen LogP contribution is 2.37. The minimum Gasteiger partial charge on any atom is -0.542 e. The number of aromatic nitrogens is 3. The number of hydrogen-bond donors (Lipinski definition) is 1. The van der Waals surface area contributed by atoms with Gasteiger partial charge in [-0.3, -0.25) is 4.79 Å². The van der Waals surface area contributed by atoms with Crippen LogP contribution < -0.4 is 9.74 Å². The molecule has 9 nitrogen and oxygen atoms in total. The van der Waals surface area contributed by atoms with Gasteiger partial charge < -0.3 is 19.0 Å². The molecule has 3 rings (SSSR count). The van der Waals surface area contributed by atoms with Gasteiger partial charge in [-0.15, -0.1) is 11.3 Å². The molecule has 0 atom stereocenters. The Bertz CT molecular complexity index is 1120. The smallest absolute Gasteiger partial charge is 0.340 e. The van der Waals surface area contributed by atoms with Crippen LogP contribution in [0.25, 0.3) is 11.5 Å². The van der Waals surface area contributed by atoms with Crippen molar-refractivity contribution in [1.82, 2.24) is 15.1 Å². The number of amides is 1. The predicted molar refractivity (Wildman–Crippen MR) is 128 cm³/mol. The third-order valence-electron chi connectivity index (χ3n) is 5.50. The number of anilines is 1. The lowest BCUT2D eigenvalue weighted by Gasteiger charge is -2.36. The van der Waals surface area contributed by atoms with Crippen molar-refractivity contribution in [3.8, 4) is 17.3 Å². The maximum atomic E-state index is 12.3. The normalized spacial score (nSPS) is 11.8. The van der Waals surface area contributed by atoms with E-state index >= 15 is 0 Å². The van der Waals surface area contributed by atoms with E-state index in [1.807, 2.05) is 6.07 Å². The van der Waals surface area contributed by atoms with Crippen molar-refractivity contribution < 1.29 is 23.3 Å². The second-order valence-corrected chi connectivity index (χ2v) is 14.6. The van der Waals surface area contributed by atoms with Crippen LogP contribution in [-0.2, 0) is 16.0 Å². The number of methoxy groups -OCH3 is 1. The average Bonchev–Trinajstić information content (AvgIpc) is 3.41. The number of nitrogens with zero attached hydrogens (tertiary/aromatic N) is 3. The second-order valence-electron chi connectivity index (χ2n) is 8.96. The van der Waals surface area contributed by atoms with Crippen LogP contribution in [0, 0.1) is 0 Å². The quantitative estimate of drug-likeness (QED) is 0.350. The Hall–Kier alpha value is -3.05. The Morgan fingerprint density at radius 1 is 1.21 bits per heavy atom. The summed E-state index contributed by atoms with van der Waals surface area (Å²) < 4.78 is 16.2. The summed E-state index contributed by atoms with van der Waals surface area (Å²) in [5.41, 5.74) is 0.876. The monoisotopic (exact) mass is 488 g/mol. The molecule has 3 aromatic heterocycles. The fourth-order valence-corrected chi connectivity index (χ4v) is 4.37. The third-order valence-corrected chi connectivity index (χ3v) is 10.7. The fourth-order valence-electron chi connectivity index (χ4n) is 2.57. The summed E-state index contributed by atoms with van der Waals surface area (Å²) in [4.78, 5) is 32.7. The van der Waals surface area contributed by atoms with Crippen LogP contribution in [0.2, 0.25) is 18.1 Å². The number of nitrogens with one attached hydrogen (secondary N) is 1. The van der Waals surface area contributed by atoms with Gasteiger partial charge in [-0.1, -0.05) is 25.9 Å². The van der Waals surface area contributed by atoms with E-state index in [2.05, 4.69) is 54.3 Å². The van der Waals surface area contributed by atoms with Gasteiger partial charge in [0.1, 0.15) is 16.4 Å². The molecule has 11 heteroatoms. The summed E-state index contributed by atoms with van der Waals surface area (Å²) in [5.74, 6) is 0.609. The highest BCUT2D eigenvalue weighted by molar-refractivity contribution is 7.14. The van der Waals surface area contributed by atoms with Crippen LogP contribution >= 0.6 is 11.3 Å². The van der Waals surface area contributed by atoms with Gasteiger partial charge in [-0.25, -0.2) is 9.78 Å². The Morgan fingerprint density at radius 2 is 1.97 bits per heavy atom. The number of carbonyl (C=O) groups is 2. The Morgan fingerprint density at radius 3 is 2.61 bits per heavy atom.